The Kier molecular flexibility index (Phi) is 5.09. The molecule has 0 aliphatic carbocycles. The molecule has 2 aromatic rings. The van der Waals surface area contributed by atoms with E-state index in [0.29, 0.717) is 12.0 Å². The van der Waals surface area contributed by atoms with Crippen molar-refractivity contribution in [3.05, 3.63) is 59.8 Å². The first kappa shape index (κ1) is 17.5. The fraction of sp³-hybridized carbons (Fsp3) is 0.312. The third-order valence-electron chi connectivity index (χ3n) is 3.58. The Labute approximate surface area is 133 Å². The molecule has 23 heavy (non-hydrogen) atoms. The molecule has 0 fully saturated rings. The minimum absolute atomic E-state index is 0.0228. The highest BCUT2D eigenvalue weighted by Gasteiger charge is 2.30. The number of benzene rings is 1. The van der Waals surface area contributed by atoms with Gasteiger partial charge in [-0.1, -0.05) is 25.1 Å². The van der Waals surface area contributed by atoms with E-state index in [4.69, 9.17) is 0 Å². The predicted molar refractivity (Wildman–Crippen MR) is 80.8 cm³/mol. The molecular formula is C16H16F3NO2S. The molecule has 124 valence electrons. The lowest BCUT2D eigenvalue weighted by molar-refractivity contribution is -0.137. The van der Waals surface area contributed by atoms with Crippen molar-refractivity contribution < 1.29 is 21.6 Å². The molecule has 0 saturated heterocycles. The van der Waals surface area contributed by atoms with Gasteiger partial charge < -0.3 is 0 Å². The number of alkyl halides is 3. The molecule has 7 heteroatoms. The van der Waals surface area contributed by atoms with Crippen molar-refractivity contribution >= 4 is 9.84 Å². The van der Waals surface area contributed by atoms with Crippen molar-refractivity contribution in [1.29, 1.82) is 0 Å². The van der Waals surface area contributed by atoms with Gasteiger partial charge in [0.25, 0.3) is 0 Å². The van der Waals surface area contributed by atoms with Crippen LogP contribution in [0.25, 0.3) is 0 Å². The van der Waals surface area contributed by atoms with Gasteiger partial charge in [-0.25, -0.2) is 13.4 Å². The van der Waals surface area contributed by atoms with E-state index < -0.39 is 21.6 Å². The summed E-state index contributed by atoms with van der Waals surface area (Å²) in [6.07, 6.45) is -2.51. The van der Waals surface area contributed by atoms with E-state index in [1.54, 1.807) is 19.1 Å². The minimum Gasteiger partial charge on any atom is -0.245 e. The van der Waals surface area contributed by atoms with Gasteiger partial charge in [-0.05, 0) is 42.2 Å². The zero-order valence-corrected chi connectivity index (χ0v) is 13.2. The zero-order valence-electron chi connectivity index (χ0n) is 12.4. The Hall–Kier alpha value is -1.89. The molecule has 0 unspecified atom stereocenters. The molecular weight excluding hydrogens is 327 g/mol. The number of halogens is 3. The predicted octanol–water partition coefficient (Wildman–Crippen LogP) is 4.07. The van der Waals surface area contributed by atoms with Crippen LogP contribution in [0.3, 0.4) is 0 Å². The van der Waals surface area contributed by atoms with Gasteiger partial charge in [-0.3, -0.25) is 0 Å². The highest BCUT2D eigenvalue weighted by atomic mass is 32.2. The van der Waals surface area contributed by atoms with Gasteiger partial charge in [-0.2, -0.15) is 13.2 Å². The summed E-state index contributed by atoms with van der Waals surface area (Å²) in [6, 6.07) is 9.24. The smallest absolute Gasteiger partial charge is 0.245 e. The average Bonchev–Trinajstić information content (AvgIpc) is 2.53. The molecule has 0 bridgehead atoms. The minimum atomic E-state index is -4.40. The number of hydrogen-bond acceptors (Lipinski definition) is 3. The van der Waals surface area contributed by atoms with Crippen LogP contribution < -0.4 is 0 Å². The molecule has 1 aromatic heterocycles. The number of aromatic nitrogens is 1. The number of rotatable bonds is 5. The van der Waals surface area contributed by atoms with Crippen LogP contribution in [-0.2, 0) is 16.0 Å². The second-order valence-electron chi connectivity index (χ2n) is 5.17. The van der Waals surface area contributed by atoms with Crippen LogP contribution in [0, 0.1) is 0 Å². The third-order valence-corrected chi connectivity index (χ3v) is 5.30. The second kappa shape index (κ2) is 6.70. The summed E-state index contributed by atoms with van der Waals surface area (Å²) >= 11 is 0. The van der Waals surface area contributed by atoms with Crippen LogP contribution in [0.2, 0.25) is 0 Å². The van der Waals surface area contributed by atoms with Crippen molar-refractivity contribution in [2.24, 2.45) is 0 Å². The molecule has 0 aliphatic heterocycles. The van der Waals surface area contributed by atoms with E-state index in [2.05, 4.69) is 4.98 Å². The van der Waals surface area contributed by atoms with Gasteiger partial charge in [0.05, 0.1) is 11.3 Å². The largest absolute Gasteiger partial charge is 0.416 e. The molecule has 0 amide bonds. The van der Waals surface area contributed by atoms with Crippen LogP contribution in [0.4, 0.5) is 13.2 Å². The Morgan fingerprint density at radius 3 is 2.22 bits per heavy atom. The van der Waals surface area contributed by atoms with Crippen molar-refractivity contribution in [2.75, 3.05) is 5.75 Å². The maximum atomic E-state index is 12.6. The molecule has 1 atom stereocenters. The lowest BCUT2D eigenvalue weighted by Crippen LogP contribution is -2.16. The summed E-state index contributed by atoms with van der Waals surface area (Å²) in [5.74, 6) is -0.574. The second-order valence-corrected chi connectivity index (χ2v) is 7.16. The SMILES string of the molecule is CC[C@H](CS(=O)(=O)c1ccccn1)c1ccc(C(F)(F)F)cc1. The topological polar surface area (TPSA) is 47.0 Å². The lowest BCUT2D eigenvalue weighted by Gasteiger charge is -2.16. The van der Waals surface area contributed by atoms with Crippen LogP contribution in [-0.4, -0.2) is 19.2 Å². The summed E-state index contributed by atoms with van der Waals surface area (Å²) in [7, 11) is -3.59. The van der Waals surface area contributed by atoms with Gasteiger partial charge in [0.2, 0.25) is 0 Å². The standard InChI is InChI=1S/C16H16F3NO2S/c1-2-12(11-23(21,22)15-5-3-4-10-20-15)13-6-8-14(9-7-13)16(17,18)19/h3-10,12H,2,11H2,1H3/t12-/m1/s1. The lowest BCUT2D eigenvalue weighted by atomic mass is 9.97. The first-order valence-corrected chi connectivity index (χ1v) is 8.70. The number of hydrogen-bond donors (Lipinski definition) is 0. The highest BCUT2D eigenvalue weighted by molar-refractivity contribution is 7.91. The third kappa shape index (κ3) is 4.31. The molecule has 1 heterocycles. The number of pyridine rings is 1. The quantitative estimate of drug-likeness (QED) is 0.822. The molecule has 0 spiro atoms. The van der Waals surface area contributed by atoms with Gasteiger partial charge in [0.1, 0.15) is 0 Å². The summed E-state index contributed by atoms with van der Waals surface area (Å²) in [4.78, 5) is 3.84. The Morgan fingerprint density at radius 1 is 1.09 bits per heavy atom. The van der Waals surface area contributed by atoms with Gasteiger partial charge in [0, 0.05) is 6.20 Å². The van der Waals surface area contributed by atoms with E-state index >= 15 is 0 Å². The molecule has 3 nitrogen and oxygen atoms in total. The molecule has 0 N–H and O–H groups in total. The fourth-order valence-corrected chi connectivity index (χ4v) is 3.91. The van der Waals surface area contributed by atoms with Crippen LogP contribution in [0.5, 0.6) is 0 Å². The molecule has 0 saturated carbocycles. The summed E-state index contributed by atoms with van der Waals surface area (Å²) in [5, 5.41) is -0.0228. The Bertz CT molecular complexity index is 741. The van der Waals surface area contributed by atoms with E-state index in [1.165, 1.54) is 24.4 Å². The van der Waals surface area contributed by atoms with Crippen molar-refractivity contribution in [3.63, 3.8) is 0 Å². The summed E-state index contributed by atoms with van der Waals surface area (Å²) < 4.78 is 62.5. The molecule has 2 rings (SSSR count). The Balaban J connectivity index is 2.24. The van der Waals surface area contributed by atoms with E-state index in [0.717, 1.165) is 12.1 Å². The van der Waals surface area contributed by atoms with Crippen LogP contribution >= 0.6 is 0 Å². The normalized spacial score (nSPS) is 13.7. The van der Waals surface area contributed by atoms with E-state index in [-0.39, 0.29) is 16.7 Å². The highest BCUT2D eigenvalue weighted by Crippen LogP contribution is 2.31. The van der Waals surface area contributed by atoms with Crippen molar-refractivity contribution in [1.82, 2.24) is 4.98 Å². The average molecular weight is 343 g/mol. The first-order valence-electron chi connectivity index (χ1n) is 7.05. The first-order chi connectivity index (χ1) is 10.7. The van der Waals surface area contributed by atoms with Gasteiger partial charge in [0.15, 0.2) is 14.9 Å². The van der Waals surface area contributed by atoms with Crippen molar-refractivity contribution in [3.8, 4) is 0 Å². The molecule has 0 radical (unpaired) electrons. The van der Waals surface area contributed by atoms with Gasteiger partial charge >= 0.3 is 6.18 Å². The maximum Gasteiger partial charge on any atom is 0.416 e. The van der Waals surface area contributed by atoms with E-state index in [9.17, 15) is 21.6 Å². The number of nitrogens with zero attached hydrogens (tertiary/aromatic N) is 1. The summed E-state index contributed by atoms with van der Waals surface area (Å²) in [6.45, 7) is 1.80. The zero-order chi connectivity index (χ0) is 17.1. The Morgan fingerprint density at radius 2 is 1.74 bits per heavy atom. The summed E-state index contributed by atoms with van der Waals surface area (Å²) in [5.41, 5.74) is -0.177. The fourth-order valence-electron chi connectivity index (χ4n) is 2.28. The monoisotopic (exact) mass is 343 g/mol. The number of sulfone groups is 1. The van der Waals surface area contributed by atoms with E-state index in [1.807, 2.05) is 0 Å². The van der Waals surface area contributed by atoms with Crippen molar-refractivity contribution in [2.45, 2.75) is 30.5 Å². The van der Waals surface area contributed by atoms with Gasteiger partial charge in [-0.15, -0.1) is 0 Å². The maximum absolute atomic E-state index is 12.6. The van der Waals surface area contributed by atoms with Crippen LogP contribution in [0.15, 0.2) is 53.7 Å². The molecule has 0 aliphatic rings. The molecule has 1 aromatic carbocycles. The van der Waals surface area contributed by atoms with Crippen LogP contribution in [0.1, 0.15) is 30.4 Å².